The molecule has 0 unspecified atom stereocenters. The van der Waals surface area contributed by atoms with E-state index in [9.17, 15) is 4.79 Å². The molecule has 0 aliphatic rings. The van der Waals surface area contributed by atoms with Gasteiger partial charge in [-0.05, 0) is 47.7 Å². The largest absolute Gasteiger partial charge is 0.361 e. The topological polar surface area (TPSA) is 49.0 Å². The van der Waals surface area contributed by atoms with E-state index in [2.05, 4.69) is 9.97 Å². The van der Waals surface area contributed by atoms with E-state index < -0.39 is 0 Å². The Bertz CT molecular complexity index is 749. The summed E-state index contributed by atoms with van der Waals surface area (Å²) in [4.78, 5) is 21.3. The van der Waals surface area contributed by atoms with Gasteiger partial charge in [-0.2, -0.15) is 0 Å². The number of aromatic amines is 1. The van der Waals surface area contributed by atoms with Crippen molar-refractivity contribution in [3.8, 4) is 0 Å². The minimum absolute atomic E-state index is 0.0422. The summed E-state index contributed by atoms with van der Waals surface area (Å²) < 4.78 is 0. The summed E-state index contributed by atoms with van der Waals surface area (Å²) >= 11 is 0. The number of pyridine rings is 1. The molecule has 0 atom stereocenters. The molecule has 2 heterocycles. The average Bonchev–Trinajstić information content (AvgIpc) is 3.00. The highest BCUT2D eigenvalue weighted by Gasteiger charge is 2.12. The van der Waals surface area contributed by atoms with Crippen molar-refractivity contribution in [2.24, 2.45) is 0 Å². The van der Waals surface area contributed by atoms with Gasteiger partial charge < -0.3 is 9.88 Å². The number of H-pyrrole nitrogens is 1. The van der Waals surface area contributed by atoms with Gasteiger partial charge in [0.15, 0.2) is 0 Å². The van der Waals surface area contributed by atoms with Crippen LogP contribution in [-0.2, 0) is 6.42 Å². The van der Waals surface area contributed by atoms with Crippen LogP contribution in [0, 0.1) is 0 Å². The second-order valence-electron chi connectivity index (χ2n) is 5.11. The third-order valence-electron chi connectivity index (χ3n) is 3.63. The van der Waals surface area contributed by atoms with E-state index in [1.165, 1.54) is 5.56 Å². The molecule has 0 fully saturated rings. The van der Waals surface area contributed by atoms with Gasteiger partial charge in [0.1, 0.15) is 0 Å². The van der Waals surface area contributed by atoms with Crippen molar-refractivity contribution in [1.29, 1.82) is 0 Å². The van der Waals surface area contributed by atoms with Crippen molar-refractivity contribution in [2.45, 2.75) is 6.42 Å². The Morgan fingerprint density at radius 3 is 2.81 bits per heavy atom. The quantitative estimate of drug-likeness (QED) is 0.798. The van der Waals surface area contributed by atoms with Crippen LogP contribution < -0.4 is 0 Å². The molecule has 4 nitrogen and oxygen atoms in total. The van der Waals surface area contributed by atoms with Crippen molar-refractivity contribution in [3.05, 3.63) is 66.1 Å². The van der Waals surface area contributed by atoms with Crippen LogP contribution in [0.1, 0.15) is 15.9 Å². The fraction of sp³-hybridized carbons (Fsp3) is 0.176. The monoisotopic (exact) mass is 279 g/mol. The highest BCUT2D eigenvalue weighted by molar-refractivity contribution is 5.97. The molecule has 21 heavy (non-hydrogen) atoms. The molecule has 0 aliphatic carbocycles. The fourth-order valence-corrected chi connectivity index (χ4v) is 2.35. The van der Waals surface area contributed by atoms with E-state index in [1.807, 2.05) is 49.6 Å². The number of likely N-dealkylation sites (N-methyl/N-ethyl adjacent to an activating group) is 1. The average molecular weight is 279 g/mol. The van der Waals surface area contributed by atoms with E-state index >= 15 is 0 Å². The smallest absolute Gasteiger partial charge is 0.253 e. The van der Waals surface area contributed by atoms with E-state index in [1.54, 1.807) is 17.3 Å². The Morgan fingerprint density at radius 1 is 1.19 bits per heavy atom. The van der Waals surface area contributed by atoms with Gasteiger partial charge in [0, 0.05) is 43.3 Å². The van der Waals surface area contributed by atoms with E-state index in [4.69, 9.17) is 0 Å². The molecule has 1 aromatic carbocycles. The molecule has 3 aromatic rings. The van der Waals surface area contributed by atoms with Gasteiger partial charge in [-0.25, -0.2) is 0 Å². The van der Waals surface area contributed by atoms with Crippen LogP contribution in [0.15, 0.2) is 55.0 Å². The lowest BCUT2D eigenvalue weighted by Gasteiger charge is -2.17. The van der Waals surface area contributed by atoms with Gasteiger partial charge >= 0.3 is 0 Å². The molecule has 4 heteroatoms. The van der Waals surface area contributed by atoms with Crippen LogP contribution in [0.4, 0.5) is 0 Å². The predicted molar refractivity (Wildman–Crippen MR) is 83.2 cm³/mol. The van der Waals surface area contributed by atoms with E-state index in [0.717, 1.165) is 17.3 Å². The molecule has 0 radical (unpaired) electrons. The predicted octanol–water partition coefficient (Wildman–Crippen LogP) is 2.88. The minimum Gasteiger partial charge on any atom is -0.361 e. The van der Waals surface area contributed by atoms with Gasteiger partial charge in [0.2, 0.25) is 0 Å². The molecule has 3 rings (SSSR count). The Hall–Kier alpha value is -2.62. The molecule has 0 saturated heterocycles. The van der Waals surface area contributed by atoms with Crippen molar-refractivity contribution < 1.29 is 4.79 Å². The number of benzene rings is 1. The molecule has 1 N–H and O–H groups in total. The molecular formula is C17H17N3O. The number of carbonyl (C=O) groups is 1. The maximum absolute atomic E-state index is 12.4. The van der Waals surface area contributed by atoms with Crippen LogP contribution in [-0.4, -0.2) is 34.4 Å². The van der Waals surface area contributed by atoms with Crippen LogP contribution in [0.25, 0.3) is 10.9 Å². The summed E-state index contributed by atoms with van der Waals surface area (Å²) in [7, 11) is 1.84. The number of hydrogen-bond acceptors (Lipinski definition) is 2. The molecule has 106 valence electrons. The van der Waals surface area contributed by atoms with Crippen molar-refractivity contribution in [1.82, 2.24) is 14.9 Å². The summed E-state index contributed by atoms with van der Waals surface area (Å²) in [5.74, 6) is 0.0422. The minimum atomic E-state index is 0.0422. The molecule has 0 spiro atoms. The summed E-state index contributed by atoms with van der Waals surface area (Å²) in [5, 5.41) is 1.12. The van der Waals surface area contributed by atoms with Crippen LogP contribution in [0.2, 0.25) is 0 Å². The highest BCUT2D eigenvalue weighted by Crippen LogP contribution is 2.15. The van der Waals surface area contributed by atoms with Crippen LogP contribution in [0.5, 0.6) is 0 Å². The fourth-order valence-electron chi connectivity index (χ4n) is 2.35. The normalized spacial score (nSPS) is 10.7. The molecule has 0 aliphatic heterocycles. The third kappa shape index (κ3) is 2.94. The molecular weight excluding hydrogens is 262 g/mol. The van der Waals surface area contributed by atoms with Crippen molar-refractivity contribution >= 4 is 16.8 Å². The Labute approximate surface area is 123 Å². The molecule has 2 aromatic heterocycles. The Balaban J connectivity index is 1.69. The first-order chi connectivity index (χ1) is 10.2. The number of carbonyl (C=O) groups excluding carboxylic acids is 1. The number of amides is 1. The Morgan fingerprint density at radius 2 is 2.00 bits per heavy atom. The van der Waals surface area contributed by atoms with Gasteiger partial charge in [-0.3, -0.25) is 9.78 Å². The van der Waals surface area contributed by atoms with Crippen molar-refractivity contribution in [2.75, 3.05) is 13.6 Å². The van der Waals surface area contributed by atoms with Crippen LogP contribution in [0.3, 0.4) is 0 Å². The first-order valence-electron chi connectivity index (χ1n) is 6.95. The lowest BCUT2D eigenvalue weighted by molar-refractivity contribution is 0.0797. The summed E-state index contributed by atoms with van der Waals surface area (Å²) in [6.07, 6.45) is 6.26. The van der Waals surface area contributed by atoms with Gasteiger partial charge in [0.05, 0.1) is 0 Å². The maximum atomic E-state index is 12.4. The number of nitrogens with zero attached hydrogens (tertiary/aromatic N) is 2. The second kappa shape index (κ2) is 5.79. The Kier molecular flexibility index (Phi) is 3.69. The molecule has 0 saturated carbocycles. The maximum Gasteiger partial charge on any atom is 0.253 e. The van der Waals surface area contributed by atoms with Gasteiger partial charge in [-0.1, -0.05) is 6.07 Å². The summed E-state index contributed by atoms with van der Waals surface area (Å²) in [5.41, 5.74) is 2.88. The molecule has 0 bridgehead atoms. The lowest BCUT2D eigenvalue weighted by atomic mass is 10.1. The second-order valence-corrected chi connectivity index (χ2v) is 5.11. The first-order valence-corrected chi connectivity index (χ1v) is 6.95. The number of hydrogen-bond donors (Lipinski definition) is 1. The number of fused-ring (bicyclic) bond motifs is 1. The zero-order valence-electron chi connectivity index (χ0n) is 11.9. The first kappa shape index (κ1) is 13.4. The zero-order valence-corrected chi connectivity index (χ0v) is 11.9. The summed E-state index contributed by atoms with van der Waals surface area (Å²) in [6, 6.07) is 11.7. The molecule has 1 amide bonds. The number of nitrogens with one attached hydrogen (secondary N) is 1. The van der Waals surface area contributed by atoms with Crippen LogP contribution >= 0.6 is 0 Å². The SMILES string of the molecule is CN(CCc1ccncc1)C(=O)c1ccc2cc[nH]c2c1. The standard InChI is InChI=1S/C17H17N3O/c1-20(11-7-13-4-8-18-9-5-13)17(21)15-3-2-14-6-10-19-16(14)12-15/h2-6,8-10,12,19H,7,11H2,1H3. The van der Waals surface area contributed by atoms with Gasteiger partial charge in [0.25, 0.3) is 5.91 Å². The third-order valence-corrected chi connectivity index (χ3v) is 3.63. The highest BCUT2D eigenvalue weighted by atomic mass is 16.2. The van der Waals surface area contributed by atoms with Gasteiger partial charge in [-0.15, -0.1) is 0 Å². The van der Waals surface area contributed by atoms with E-state index in [-0.39, 0.29) is 5.91 Å². The number of aromatic nitrogens is 2. The van der Waals surface area contributed by atoms with Crippen molar-refractivity contribution in [3.63, 3.8) is 0 Å². The summed E-state index contributed by atoms with van der Waals surface area (Å²) in [6.45, 7) is 0.686. The lowest BCUT2D eigenvalue weighted by Crippen LogP contribution is -2.28. The zero-order chi connectivity index (χ0) is 14.7. The van der Waals surface area contributed by atoms with E-state index in [0.29, 0.717) is 12.1 Å². The number of rotatable bonds is 4.